The van der Waals surface area contributed by atoms with Crippen LogP contribution in [0.2, 0.25) is 0 Å². The lowest BCUT2D eigenvalue weighted by Gasteiger charge is -2.07. The van der Waals surface area contributed by atoms with Crippen LogP contribution in [0.3, 0.4) is 0 Å². The molecule has 20 heavy (non-hydrogen) atoms. The van der Waals surface area contributed by atoms with Crippen LogP contribution in [0.4, 0.5) is 0 Å². The van der Waals surface area contributed by atoms with Gasteiger partial charge >= 0.3 is 11.9 Å². The van der Waals surface area contributed by atoms with E-state index in [9.17, 15) is 9.59 Å². The monoisotopic (exact) mass is 276 g/mol. The summed E-state index contributed by atoms with van der Waals surface area (Å²) in [5.41, 5.74) is 0.729. The summed E-state index contributed by atoms with van der Waals surface area (Å²) in [5.74, 6) is -1.18. The summed E-state index contributed by atoms with van der Waals surface area (Å²) in [6.07, 6.45) is 1.07. The third kappa shape index (κ3) is 3.48. The van der Waals surface area contributed by atoms with Gasteiger partial charge in [0.05, 0.1) is 13.2 Å². The fraction of sp³-hybridized carbons (Fsp3) is 0.357. The molecule has 0 saturated heterocycles. The Balaban J connectivity index is 3.09. The van der Waals surface area contributed by atoms with E-state index in [1.807, 2.05) is 0 Å². The molecule has 1 aromatic heterocycles. The molecule has 0 spiro atoms. The van der Waals surface area contributed by atoms with Crippen LogP contribution < -0.4 is 0 Å². The molecule has 0 bridgehead atoms. The SMILES string of the molecule is COC(=O)c1ccc(C=C(C#N)C(=O)OC(C)C)n1C. The number of esters is 2. The second-order valence-electron chi connectivity index (χ2n) is 4.32. The van der Waals surface area contributed by atoms with Crippen molar-refractivity contribution in [2.24, 2.45) is 7.05 Å². The third-order valence-electron chi connectivity index (χ3n) is 2.53. The van der Waals surface area contributed by atoms with Gasteiger partial charge in [0, 0.05) is 12.7 Å². The van der Waals surface area contributed by atoms with Gasteiger partial charge in [0.15, 0.2) is 0 Å². The Kier molecular flexibility index (Phi) is 5.09. The van der Waals surface area contributed by atoms with Gasteiger partial charge in [-0.15, -0.1) is 0 Å². The Morgan fingerprint density at radius 3 is 2.55 bits per heavy atom. The molecule has 1 aromatic rings. The zero-order chi connectivity index (χ0) is 15.3. The number of nitriles is 1. The van der Waals surface area contributed by atoms with E-state index in [2.05, 4.69) is 4.74 Å². The summed E-state index contributed by atoms with van der Waals surface area (Å²) in [5, 5.41) is 9.00. The molecule has 106 valence electrons. The fourth-order valence-electron chi connectivity index (χ4n) is 1.54. The highest BCUT2D eigenvalue weighted by atomic mass is 16.5. The van der Waals surface area contributed by atoms with E-state index < -0.39 is 11.9 Å². The minimum absolute atomic E-state index is 0.128. The number of methoxy groups -OCH3 is 1. The molecule has 0 unspecified atom stereocenters. The lowest BCUT2D eigenvalue weighted by molar-refractivity contribution is -0.142. The molecular formula is C14H16N2O4. The zero-order valence-corrected chi connectivity index (χ0v) is 11.8. The van der Waals surface area contributed by atoms with Crippen molar-refractivity contribution in [3.8, 4) is 6.07 Å². The van der Waals surface area contributed by atoms with Crippen LogP contribution in [0.5, 0.6) is 0 Å². The van der Waals surface area contributed by atoms with Gasteiger partial charge in [-0.25, -0.2) is 9.59 Å². The van der Waals surface area contributed by atoms with Crippen LogP contribution in [-0.2, 0) is 21.3 Å². The van der Waals surface area contributed by atoms with Gasteiger partial charge in [-0.3, -0.25) is 0 Å². The summed E-state index contributed by atoms with van der Waals surface area (Å²) in [6, 6.07) is 4.97. The molecule has 0 aliphatic carbocycles. The Morgan fingerprint density at radius 1 is 1.40 bits per heavy atom. The lowest BCUT2D eigenvalue weighted by atomic mass is 10.2. The molecule has 1 heterocycles. The highest BCUT2D eigenvalue weighted by molar-refractivity contribution is 5.98. The summed E-state index contributed by atoms with van der Waals surface area (Å²) in [6.45, 7) is 3.40. The van der Waals surface area contributed by atoms with Gasteiger partial charge in [0.25, 0.3) is 0 Å². The van der Waals surface area contributed by atoms with Crippen LogP contribution >= 0.6 is 0 Å². The summed E-state index contributed by atoms with van der Waals surface area (Å²) in [4.78, 5) is 23.1. The van der Waals surface area contributed by atoms with Gasteiger partial charge in [0.2, 0.25) is 0 Å². The van der Waals surface area contributed by atoms with E-state index in [0.29, 0.717) is 11.4 Å². The number of carbonyl (C=O) groups excluding carboxylic acids is 2. The average molecular weight is 276 g/mol. The van der Waals surface area contributed by atoms with Crippen molar-refractivity contribution in [3.63, 3.8) is 0 Å². The number of hydrogen-bond acceptors (Lipinski definition) is 5. The summed E-state index contributed by atoms with van der Waals surface area (Å²) < 4.78 is 11.1. The number of nitrogens with zero attached hydrogens (tertiary/aromatic N) is 2. The highest BCUT2D eigenvalue weighted by Gasteiger charge is 2.16. The normalized spacial score (nSPS) is 11.1. The van der Waals surface area contributed by atoms with Gasteiger partial charge < -0.3 is 14.0 Å². The molecule has 6 heteroatoms. The molecule has 0 N–H and O–H groups in total. The minimum atomic E-state index is -0.691. The Hall–Kier alpha value is -2.55. The van der Waals surface area contributed by atoms with Gasteiger partial charge in [-0.05, 0) is 32.1 Å². The van der Waals surface area contributed by atoms with E-state index in [0.717, 1.165) is 0 Å². The van der Waals surface area contributed by atoms with Crippen LogP contribution in [-0.4, -0.2) is 29.7 Å². The van der Waals surface area contributed by atoms with E-state index in [-0.39, 0.29) is 11.7 Å². The van der Waals surface area contributed by atoms with Crippen molar-refractivity contribution in [1.29, 1.82) is 5.26 Å². The molecule has 0 atom stereocenters. The lowest BCUT2D eigenvalue weighted by Crippen LogP contribution is -2.13. The molecule has 0 fully saturated rings. The Labute approximate surface area is 117 Å². The molecule has 0 radical (unpaired) electrons. The average Bonchev–Trinajstić information content (AvgIpc) is 2.75. The standard InChI is InChI=1S/C14H16N2O4/c1-9(2)20-13(17)10(8-15)7-11-5-6-12(16(11)3)14(18)19-4/h5-7,9H,1-4H3. The fourth-order valence-corrected chi connectivity index (χ4v) is 1.54. The van der Waals surface area contributed by atoms with Crippen molar-refractivity contribution < 1.29 is 19.1 Å². The Bertz CT molecular complexity index is 591. The molecule has 0 aliphatic rings. The van der Waals surface area contributed by atoms with Crippen LogP contribution in [0, 0.1) is 11.3 Å². The van der Waals surface area contributed by atoms with Crippen LogP contribution in [0.1, 0.15) is 30.0 Å². The second-order valence-corrected chi connectivity index (χ2v) is 4.32. The highest BCUT2D eigenvalue weighted by Crippen LogP contribution is 2.13. The molecule has 0 saturated carbocycles. The van der Waals surface area contributed by atoms with Gasteiger partial charge in [-0.2, -0.15) is 5.26 Å². The number of aromatic nitrogens is 1. The molecule has 0 aliphatic heterocycles. The largest absolute Gasteiger partial charge is 0.464 e. The third-order valence-corrected chi connectivity index (χ3v) is 2.53. The van der Waals surface area contributed by atoms with Crippen molar-refractivity contribution in [1.82, 2.24) is 4.57 Å². The maximum absolute atomic E-state index is 11.7. The summed E-state index contributed by atoms with van der Waals surface area (Å²) >= 11 is 0. The quantitative estimate of drug-likeness (QED) is 0.474. The van der Waals surface area contributed by atoms with Crippen molar-refractivity contribution in [3.05, 3.63) is 29.1 Å². The molecule has 1 rings (SSSR count). The van der Waals surface area contributed by atoms with Gasteiger partial charge in [0.1, 0.15) is 17.3 Å². The first-order valence-electron chi connectivity index (χ1n) is 5.97. The number of rotatable bonds is 4. The molecular weight excluding hydrogens is 260 g/mol. The number of ether oxygens (including phenoxy) is 2. The smallest absolute Gasteiger partial charge is 0.354 e. The number of carbonyl (C=O) groups is 2. The van der Waals surface area contributed by atoms with Gasteiger partial charge in [-0.1, -0.05) is 0 Å². The molecule has 0 amide bonds. The van der Waals surface area contributed by atoms with E-state index in [1.54, 1.807) is 39.1 Å². The van der Waals surface area contributed by atoms with Crippen LogP contribution in [0.15, 0.2) is 17.7 Å². The van der Waals surface area contributed by atoms with Crippen LogP contribution in [0.25, 0.3) is 6.08 Å². The first kappa shape index (κ1) is 15.5. The summed E-state index contributed by atoms with van der Waals surface area (Å²) in [7, 11) is 2.92. The second kappa shape index (κ2) is 6.57. The van der Waals surface area contributed by atoms with E-state index in [1.165, 1.54) is 17.8 Å². The first-order valence-corrected chi connectivity index (χ1v) is 5.97. The van der Waals surface area contributed by atoms with E-state index in [4.69, 9.17) is 10.00 Å². The topological polar surface area (TPSA) is 81.3 Å². The van der Waals surface area contributed by atoms with E-state index >= 15 is 0 Å². The predicted molar refractivity (Wildman–Crippen MR) is 71.6 cm³/mol. The number of hydrogen-bond donors (Lipinski definition) is 0. The molecule has 0 aromatic carbocycles. The maximum Gasteiger partial charge on any atom is 0.354 e. The predicted octanol–water partition coefficient (Wildman–Crippen LogP) is 1.67. The van der Waals surface area contributed by atoms with Crippen molar-refractivity contribution in [2.45, 2.75) is 20.0 Å². The Morgan fingerprint density at radius 2 is 2.05 bits per heavy atom. The molecule has 6 nitrogen and oxygen atoms in total. The van der Waals surface area contributed by atoms with Crippen molar-refractivity contribution >= 4 is 18.0 Å². The maximum atomic E-state index is 11.7. The zero-order valence-electron chi connectivity index (χ0n) is 11.8. The van der Waals surface area contributed by atoms with Crippen molar-refractivity contribution in [2.75, 3.05) is 7.11 Å². The minimum Gasteiger partial charge on any atom is -0.464 e. The first-order chi connectivity index (χ1) is 9.40.